The third-order valence-corrected chi connectivity index (χ3v) is 9.23. The van der Waals surface area contributed by atoms with Crippen LogP contribution in [0.1, 0.15) is 60.1 Å². The van der Waals surface area contributed by atoms with Crippen molar-refractivity contribution in [2.24, 2.45) is 0 Å². The summed E-state index contributed by atoms with van der Waals surface area (Å²) in [6, 6.07) is 30.4. The van der Waals surface area contributed by atoms with Gasteiger partial charge in [0.15, 0.2) is 0 Å². The van der Waals surface area contributed by atoms with E-state index in [1.807, 2.05) is 54.6 Å². The molecule has 0 aliphatic heterocycles. The van der Waals surface area contributed by atoms with E-state index in [2.05, 4.69) is 13.8 Å². The van der Waals surface area contributed by atoms with Crippen molar-refractivity contribution in [1.29, 1.82) is 0 Å². The van der Waals surface area contributed by atoms with Crippen molar-refractivity contribution in [1.82, 2.24) is 4.98 Å². The maximum atomic E-state index is 14.5. The summed E-state index contributed by atoms with van der Waals surface area (Å²) < 4.78 is 43.6. The number of aromatic nitrogens is 1. The summed E-state index contributed by atoms with van der Waals surface area (Å²) >= 11 is 0. The van der Waals surface area contributed by atoms with Crippen molar-refractivity contribution in [2.75, 3.05) is 0 Å². The lowest BCUT2D eigenvalue weighted by atomic mass is 9.59. The molecule has 7 heteroatoms. The monoisotopic (exact) mass is 576 g/mol. The molecule has 0 N–H and O–H groups in total. The van der Waals surface area contributed by atoms with Gasteiger partial charge in [0.2, 0.25) is 0 Å². The second-order valence-corrected chi connectivity index (χ2v) is 11.9. The molecule has 7 rings (SSSR count). The minimum atomic E-state index is -4.54. The van der Waals surface area contributed by atoms with Crippen molar-refractivity contribution in [3.63, 3.8) is 0 Å². The highest BCUT2D eigenvalue weighted by Crippen LogP contribution is 2.55. The Morgan fingerprint density at radius 2 is 1.53 bits per heavy atom. The quantitative estimate of drug-likeness (QED) is 0.120. The van der Waals surface area contributed by atoms with Gasteiger partial charge < -0.3 is 0 Å². The number of rotatable bonds is 3. The highest BCUT2D eigenvalue weighted by molar-refractivity contribution is 6.11. The van der Waals surface area contributed by atoms with Crippen molar-refractivity contribution in [2.45, 2.75) is 43.7 Å². The van der Waals surface area contributed by atoms with Gasteiger partial charge in [0, 0.05) is 29.1 Å². The summed E-state index contributed by atoms with van der Waals surface area (Å²) in [5.41, 5.74) is 2.96. The zero-order valence-electron chi connectivity index (χ0n) is 23.5. The Labute approximate surface area is 246 Å². The molecular weight excluding hydrogens is 549 g/mol. The SMILES string of the molecule is CC1(C)c2ccc3c(cc(C(F)(F)F)c4ccccc43)c2C(c2ccc3ccccc3n2)CC1c1cccc([N+](=O)[O-])c1. The minimum absolute atomic E-state index is 0.0132. The zero-order valence-corrected chi connectivity index (χ0v) is 23.5. The van der Waals surface area contributed by atoms with Gasteiger partial charge in [0.25, 0.3) is 5.69 Å². The molecular formula is C36H27F3N2O2. The van der Waals surface area contributed by atoms with Crippen LogP contribution in [-0.2, 0) is 11.6 Å². The van der Waals surface area contributed by atoms with Crippen LogP contribution in [0, 0.1) is 10.1 Å². The molecule has 6 aromatic rings. The molecule has 2 atom stereocenters. The fourth-order valence-electron chi connectivity index (χ4n) is 7.16. The molecule has 1 aromatic heterocycles. The number of para-hydroxylation sites is 1. The Morgan fingerprint density at radius 1 is 0.814 bits per heavy atom. The van der Waals surface area contributed by atoms with E-state index in [0.29, 0.717) is 17.2 Å². The van der Waals surface area contributed by atoms with E-state index in [1.54, 1.807) is 30.3 Å². The fraction of sp³-hybridized carbons (Fsp3) is 0.194. The number of hydrogen-bond donors (Lipinski definition) is 0. The van der Waals surface area contributed by atoms with Crippen LogP contribution in [0.2, 0.25) is 0 Å². The Morgan fingerprint density at radius 3 is 2.30 bits per heavy atom. The average molecular weight is 577 g/mol. The van der Waals surface area contributed by atoms with E-state index in [0.717, 1.165) is 38.7 Å². The second kappa shape index (κ2) is 9.63. The Balaban J connectivity index is 1.56. The molecule has 4 nitrogen and oxygen atoms in total. The van der Waals surface area contributed by atoms with Crippen molar-refractivity contribution >= 4 is 38.1 Å². The second-order valence-electron chi connectivity index (χ2n) is 11.9. The number of alkyl halides is 3. The molecule has 2 unspecified atom stereocenters. The first-order chi connectivity index (χ1) is 20.5. The highest BCUT2D eigenvalue weighted by Gasteiger charge is 2.44. The Hall–Kier alpha value is -4.78. The molecule has 1 aliphatic carbocycles. The van der Waals surface area contributed by atoms with Crippen LogP contribution in [0.4, 0.5) is 18.9 Å². The first kappa shape index (κ1) is 27.1. The van der Waals surface area contributed by atoms with E-state index < -0.39 is 22.1 Å². The van der Waals surface area contributed by atoms with Gasteiger partial charge in [0.05, 0.1) is 16.0 Å². The summed E-state index contributed by atoms with van der Waals surface area (Å²) in [6.07, 6.45) is -4.01. The summed E-state index contributed by atoms with van der Waals surface area (Å²) in [6.45, 7) is 4.16. The van der Waals surface area contributed by atoms with E-state index in [-0.39, 0.29) is 22.9 Å². The maximum Gasteiger partial charge on any atom is 0.417 e. The summed E-state index contributed by atoms with van der Waals surface area (Å²) in [7, 11) is 0. The van der Waals surface area contributed by atoms with Crippen LogP contribution >= 0.6 is 0 Å². The maximum absolute atomic E-state index is 14.5. The molecule has 0 saturated heterocycles. The fourth-order valence-corrected chi connectivity index (χ4v) is 7.16. The van der Waals surface area contributed by atoms with E-state index in [9.17, 15) is 23.3 Å². The van der Waals surface area contributed by atoms with Crippen LogP contribution < -0.4 is 0 Å². The number of hydrogen-bond acceptors (Lipinski definition) is 3. The predicted octanol–water partition coefficient (Wildman–Crippen LogP) is 10.1. The van der Waals surface area contributed by atoms with Crippen LogP contribution in [0.5, 0.6) is 0 Å². The van der Waals surface area contributed by atoms with Gasteiger partial charge in [-0.1, -0.05) is 86.6 Å². The highest BCUT2D eigenvalue weighted by atomic mass is 19.4. The molecule has 1 heterocycles. The molecule has 0 spiro atoms. The average Bonchev–Trinajstić information content (AvgIpc) is 2.99. The third-order valence-electron chi connectivity index (χ3n) is 9.23. The van der Waals surface area contributed by atoms with E-state index in [1.165, 1.54) is 18.2 Å². The molecule has 0 radical (unpaired) electrons. The first-order valence-electron chi connectivity index (χ1n) is 14.2. The number of nitro benzene ring substituents is 1. The van der Waals surface area contributed by atoms with Crippen LogP contribution in [0.3, 0.4) is 0 Å². The van der Waals surface area contributed by atoms with E-state index >= 15 is 0 Å². The predicted molar refractivity (Wildman–Crippen MR) is 164 cm³/mol. The van der Waals surface area contributed by atoms with Crippen LogP contribution in [-0.4, -0.2) is 9.91 Å². The molecule has 0 saturated carbocycles. The molecule has 43 heavy (non-hydrogen) atoms. The summed E-state index contributed by atoms with van der Waals surface area (Å²) in [5, 5.41) is 14.7. The van der Waals surface area contributed by atoms with E-state index in [4.69, 9.17) is 4.98 Å². The van der Waals surface area contributed by atoms with Crippen LogP contribution in [0.25, 0.3) is 32.4 Å². The van der Waals surface area contributed by atoms with Gasteiger partial charge in [-0.2, -0.15) is 13.2 Å². The number of halogens is 3. The lowest BCUT2D eigenvalue weighted by Gasteiger charge is -2.45. The number of fused-ring (bicyclic) bond motifs is 6. The molecule has 214 valence electrons. The lowest BCUT2D eigenvalue weighted by Crippen LogP contribution is -2.35. The number of non-ortho nitro benzene ring substituents is 1. The van der Waals surface area contributed by atoms with Gasteiger partial charge in [-0.15, -0.1) is 0 Å². The molecule has 5 aromatic carbocycles. The number of nitro groups is 1. The van der Waals surface area contributed by atoms with Crippen LogP contribution in [0.15, 0.2) is 103 Å². The molecule has 0 bridgehead atoms. The summed E-state index contributed by atoms with van der Waals surface area (Å²) in [4.78, 5) is 16.3. The number of pyridine rings is 1. The van der Waals surface area contributed by atoms with Gasteiger partial charge >= 0.3 is 6.18 Å². The number of nitrogens with zero attached hydrogens (tertiary/aromatic N) is 2. The number of benzene rings is 5. The Bertz CT molecular complexity index is 2080. The molecule has 1 aliphatic rings. The third kappa shape index (κ3) is 4.33. The summed E-state index contributed by atoms with van der Waals surface area (Å²) in [5.74, 6) is -0.499. The van der Waals surface area contributed by atoms with Crippen molar-refractivity contribution in [3.8, 4) is 0 Å². The smallest absolute Gasteiger partial charge is 0.258 e. The lowest BCUT2D eigenvalue weighted by molar-refractivity contribution is -0.384. The Kier molecular flexibility index (Phi) is 6.06. The first-order valence-corrected chi connectivity index (χ1v) is 14.2. The van der Waals surface area contributed by atoms with Crippen molar-refractivity contribution in [3.05, 3.63) is 141 Å². The largest absolute Gasteiger partial charge is 0.417 e. The van der Waals surface area contributed by atoms with Gasteiger partial charge in [0.1, 0.15) is 0 Å². The molecule has 0 amide bonds. The van der Waals surface area contributed by atoms with Gasteiger partial charge in [-0.05, 0) is 74.2 Å². The van der Waals surface area contributed by atoms with Gasteiger partial charge in [-0.25, -0.2) is 0 Å². The minimum Gasteiger partial charge on any atom is -0.258 e. The topological polar surface area (TPSA) is 56.0 Å². The molecule has 0 fully saturated rings. The normalized spacial score (nSPS) is 18.2. The standard InChI is InChI=1S/C36H27F3N2O2/c1-35(2)29-16-15-25-24-11-4-5-12-26(24)31(36(37,38)39)19-27(25)34(29)28(33-17-14-21-8-3-6-13-32(21)40-33)20-30(35)22-9-7-10-23(18-22)41(42)43/h3-19,28,30H,20H2,1-2H3. The zero-order chi connectivity index (χ0) is 30.1. The van der Waals surface area contributed by atoms with Gasteiger partial charge in [-0.3, -0.25) is 15.1 Å². The van der Waals surface area contributed by atoms with Crippen molar-refractivity contribution < 1.29 is 18.1 Å².